The molecule has 1 aliphatic heterocycles. The first kappa shape index (κ1) is 15.5. The van der Waals surface area contributed by atoms with Crippen LogP contribution in [0.1, 0.15) is 43.0 Å². The molecule has 1 fully saturated rings. The number of benzene rings is 1. The average molecular weight is 311 g/mol. The van der Waals surface area contributed by atoms with Gasteiger partial charge in [-0.05, 0) is 24.5 Å². The number of nitrogens with zero attached hydrogens (tertiary/aromatic N) is 3. The van der Waals surface area contributed by atoms with Gasteiger partial charge in [0.2, 0.25) is 11.8 Å². The third kappa shape index (κ3) is 3.86. The lowest BCUT2D eigenvalue weighted by molar-refractivity contribution is -0.127. The van der Waals surface area contributed by atoms with Crippen molar-refractivity contribution in [1.29, 1.82) is 0 Å². The van der Waals surface area contributed by atoms with E-state index in [1.165, 1.54) is 0 Å². The summed E-state index contributed by atoms with van der Waals surface area (Å²) in [5, 5.41) is 3.95. The fraction of sp³-hybridized carbons (Fsp3) is 0.389. The monoisotopic (exact) mass is 311 g/mol. The summed E-state index contributed by atoms with van der Waals surface area (Å²) < 4.78 is 5.34. The van der Waals surface area contributed by atoms with E-state index in [0.717, 1.165) is 37.2 Å². The molecule has 0 saturated carbocycles. The highest BCUT2D eigenvalue weighted by atomic mass is 16.5. The van der Waals surface area contributed by atoms with Crippen LogP contribution >= 0.6 is 0 Å². The molecule has 0 spiro atoms. The van der Waals surface area contributed by atoms with Crippen molar-refractivity contribution in [2.45, 2.75) is 32.1 Å². The topological polar surface area (TPSA) is 59.2 Å². The van der Waals surface area contributed by atoms with Gasteiger partial charge in [-0.3, -0.25) is 4.79 Å². The van der Waals surface area contributed by atoms with Crippen LogP contribution < -0.4 is 0 Å². The standard InChI is InChI=1S/C18H21N3O2/c1-2-16-19-18(23-20-16)15-9-6-12-21(13-15)17(22)11-10-14-7-4-3-5-8-14/h3-5,7-8,10-11,15H,2,6,9,12-13H2,1H3/b11-10+. The molecule has 0 bridgehead atoms. The Morgan fingerprint density at radius 3 is 2.96 bits per heavy atom. The first-order valence-corrected chi connectivity index (χ1v) is 8.10. The molecule has 5 nitrogen and oxygen atoms in total. The molecule has 0 N–H and O–H groups in total. The first-order chi connectivity index (χ1) is 11.3. The maximum Gasteiger partial charge on any atom is 0.246 e. The highest BCUT2D eigenvalue weighted by molar-refractivity contribution is 5.91. The van der Waals surface area contributed by atoms with E-state index < -0.39 is 0 Å². The minimum Gasteiger partial charge on any atom is -0.339 e. The third-order valence-corrected chi connectivity index (χ3v) is 4.10. The molecule has 3 rings (SSSR count). The molecule has 1 saturated heterocycles. The van der Waals surface area contributed by atoms with Crippen LogP contribution in [-0.2, 0) is 11.2 Å². The molecule has 2 heterocycles. The number of piperidine rings is 1. The van der Waals surface area contributed by atoms with Gasteiger partial charge < -0.3 is 9.42 Å². The van der Waals surface area contributed by atoms with Gasteiger partial charge >= 0.3 is 0 Å². The Labute approximate surface area is 136 Å². The summed E-state index contributed by atoms with van der Waals surface area (Å²) >= 11 is 0. The number of aryl methyl sites for hydroxylation is 1. The largest absolute Gasteiger partial charge is 0.339 e. The fourth-order valence-electron chi connectivity index (χ4n) is 2.79. The molecule has 1 aromatic carbocycles. The molecular weight excluding hydrogens is 290 g/mol. The second kappa shape index (κ2) is 7.22. The molecule has 1 atom stereocenters. The summed E-state index contributed by atoms with van der Waals surface area (Å²) in [4.78, 5) is 18.7. The number of hydrogen-bond donors (Lipinski definition) is 0. The van der Waals surface area contributed by atoms with Gasteiger partial charge in [0.05, 0.1) is 5.92 Å². The molecule has 23 heavy (non-hydrogen) atoms. The van der Waals surface area contributed by atoms with Crippen LogP contribution in [0, 0.1) is 0 Å². The lowest BCUT2D eigenvalue weighted by atomic mass is 9.98. The highest BCUT2D eigenvalue weighted by Gasteiger charge is 2.27. The van der Waals surface area contributed by atoms with Gasteiger partial charge in [-0.2, -0.15) is 4.98 Å². The molecule has 1 aromatic heterocycles. The quantitative estimate of drug-likeness (QED) is 0.814. The van der Waals surface area contributed by atoms with E-state index in [9.17, 15) is 4.79 Å². The average Bonchev–Trinajstić information content (AvgIpc) is 3.10. The van der Waals surface area contributed by atoms with Crippen LogP contribution in [0.25, 0.3) is 6.08 Å². The molecule has 5 heteroatoms. The summed E-state index contributed by atoms with van der Waals surface area (Å²) in [6.07, 6.45) is 6.20. The zero-order valence-electron chi connectivity index (χ0n) is 13.3. The van der Waals surface area contributed by atoms with Gasteiger partial charge in [0.1, 0.15) is 0 Å². The van der Waals surface area contributed by atoms with Gasteiger partial charge in [0.15, 0.2) is 5.82 Å². The second-order valence-electron chi connectivity index (χ2n) is 5.77. The van der Waals surface area contributed by atoms with Crippen molar-refractivity contribution >= 4 is 12.0 Å². The van der Waals surface area contributed by atoms with Gasteiger partial charge in [0, 0.05) is 25.6 Å². The van der Waals surface area contributed by atoms with E-state index in [4.69, 9.17) is 4.52 Å². The van der Waals surface area contributed by atoms with Gasteiger partial charge in [-0.1, -0.05) is 42.4 Å². The van der Waals surface area contributed by atoms with E-state index in [1.807, 2.05) is 48.2 Å². The van der Waals surface area contributed by atoms with Crippen molar-refractivity contribution in [2.75, 3.05) is 13.1 Å². The summed E-state index contributed by atoms with van der Waals surface area (Å²) in [6, 6.07) is 9.84. The first-order valence-electron chi connectivity index (χ1n) is 8.10. The van der Waals surface area contributed by atoms with E-state index in [-0.39, 0.29) is 11.8 Å². The van der Waals surface area contributed by atoms with Crippen molar-refractivity contribution in [3.05, 3.63) is 53.7 Å². The zero-order valence-corrected chi connectivity index (χ0v) is 13.3. The second-order valence-corrected chi connectivity index (χ2v) is 5.77. The molecular formula is C18H21N3O2. The fourth-order valence-corrected chi connectivity index (χ4v) is 2.79. The Morgan fingerprint density at radius 1 is 1.39 bits per heavy atom. The van der Waals surface area contributed by atoms with Crippen LogP contribution in [0.3, 0.4) is 0 Å². The lowest BCUT2D eigenvalue weighted by Gasteiger charge is -2.30. The van der Waals surface area contributed by atoms with E-state index in [2.05, 4.69) is 10.1 Å². The third-order valence-electron chi connectivity index (χ3n) is 4.10. The maximum absolute atomic E-state index is 12.4. The van der Waals surface area contributed by atoms with Gasteiger partial charge in [0.25, 0.3) is 0 Å². The smallest absolute Gasteiger partial charge is 0.246 e. The Kier molecular flexibility index (Phi) is 4.86. The van der Waals surface area contributed by atoms with Crippen LogP contribution in [0.2, 0.25) is 0 Å². The normalized spacial score (nSPS) is 18.5. The van der Waals surface area contributed by atoms with Crippen LogP contribution in [0.5, 0.6) is 0 Å². The van der Waals surface area contributed by atoms with Crippen molar-refractivity contribution in [3.63, 3.8) is 0 Å². The molecule has 0 aliphatic carbocycles. The zero-order chi connectivity index (χ0) is 16.1. The predicted molar refractivity (Wildman–Crippen MR) is 87.7 cm³/mol. The van der Waals surface area contributed by atoms with Gasteiger partial charge in [-0.25, -0.2) is 0 Å². The highest BCUT2D eigenvalue weighted by Crippen LogP contribution is 2.26. The lowest BCUT2D eigenvalue weighted by Crippen LogP contribution is -2.38. The van der Waals surface area contributed by atoms with E-state index in [1.54, 1.807) is 6.08 Å². The number of aromatic nitrogens is 2. The van der Waals surface area contributed by atoms with E-state index in [0.29, 0.717) is 12.4 Å². The van der Waals surface area contributed by atoms with Crippen molar-refractivity contribution in [3.8, 4) is 0 Å². The number of hydrogen-bond acceptors (Lipinski definition) is 4. The van der Waals surface area contributed by atoms with Crippen LogP contribution in [-0.4, -0.2) is 34.0 Å². The Balaban J connectivity index is 1.63. The maximum atomic E-state index is 12.4. The minimum absolute atomic E-state index is 0.0359. The van der Waals surface area contributed by atoms with Gasteiger partial charge in [-0.15, -0.1) is 0 Å². The molecule has 120 valence electrons. The number of carbonyl (C=O) groups is 1. The van der Waals surface area contributed by atoms with Crippen molar-refractivity contribution in [1.82, 2.24) is 15.0 Å². The minimum atomic E-state index is 0.0359. The Bertz CT molecular complexity index is 679. The number of amides is 1. The molecule has 1 unspecified atom stereocenters. The SMILES string of the molecule is CCc1noc(C2CCCN(C(=O)/C=C/c3ccccc3)C2)n1. The van der Waals surface area contributed by atoms with Crippen LogP contribution in [0.15, 0.2) is 40.9 Å². The van der Waals surface area contributed by atoms with Crippen molar-refractivity contribution < 1.29 is 9.32 Å². The molecule has 1 amide bonds. The summed E-state index contributed by atoms with van der Waals surface area (Å²) in [5.41, 5.74) is 1.03. The Morgan fingerprint density at radius 2 is 2.22 bits per heavy atom. The number of likely N-dealkylation sites (tertiary alicyclic amines) is 1. The van der Waals surface area contributed by atoms with Crippen LogP contribution in [0.4, 0.5) is 0 Å². The van der Waals surface area contributed by atoms with E-state index >= 15 is 0 Å². The van der Waals surface area contributed by atoms with Crippen molar-refractivity contribution in [2.24, 2.45) is 0 Å². The summed E-state index contributed by atoms with van der Waals surface area (Å²) in [5.74, 6) is 1.57. The summed E-state index contributed by atoms with van der Waals surface area (Å²) in [6.45, 7) is 3.42. The molecule has 2 aromatic rings. The summed E-state index contributed by atoms with van der Waals surface area (Å²) in [7, 11) is 0. The number of rotatable bonds is 4. The molecule has 0 radical (unpaired) electrons. The molecule has 1 aliphatic rings. The number of carbonyl (C=O) groups excluding carboxylic acids is 1. The Hall–Kier alpha value is -2.43. The predicted octanol–water partition coefficient (Wildman–Crippen LogP) is 3.05.